The van der Waals surface area contributed by atoms with Crippen molar-refractivity contribution in [2.75, 3.05) is 7.11 Å². The molecule has 2 rings (SSSR count). The van der Waals surface area contributed by atoms with Crippen molar-refractivity contribution in [2.45, 2.75) is 17.1 Å². The molecule has 0 aliphatic carbocycles. The molecule has 0 N–H and O–H groups in total. The standard InChI is InChI=1S/C14H15N3O6S/c1-9-11(17(19)20)12(16(2)15-9)13(14(18)23-3)24(21,22)10-7-5-4-6-8-10/h4-8,13H,1-3H3. The van der Waals surface area contributed by atoms with Crippen LogP contribution in [0.4, 0.5) is 5.69 Å². The highest BCUT2D eigenvalue weighted by atomic mass is 32.2. The van der Waals surface area contributed by atoms with E-state index < -0.39 is 31.7 Å². The summed E-state index contributed by atoms with van der Waals surface area (Å²) in [6.07, 6.45) is 0. The van der Waals surface area contributed by atoms with Crippen molar-refractivity contribution >= 4 is 21.5 Å². The maximum Gasteiger partial charge on any atom is 0.330 e. The fourth-order valence-electron chi connectivity index (χ4n) is 2.42. The Bertz CT molecular complexity index is 889. The number of sulfone groups is 1. The van der Waals surface area contributed by atoms with Gasteiger partial charge in [-0.1, -0.05) is 18.2 Å². The summed E-state index contributed by atoms with van der Waals surface area (Å²) in [5, 5.41) is 13.3. The summed E-state index contributed by atoms with van der Waals surface area (Å²) in [6.45, 7) is 1.37. The first kappa shape index (κ1) is 17.6. The normalized spacial score (nSPS) is 12.6. The van der Waals surface area contributed by atoms with Gasteiger partial charge < -0.3 is 4.74 Å². The van der Waals surface area contributed by atoms with E-state index in [-0.39, 0.29) is 16.3 Å². The third kappa shape index (κ3) is 2.87. The minimum atomic E-state index is -4.27. The fourth-order valence-corrected chi connectivity index (χ4v) is 4.14. The zero-order chi connectivity index (χ0) is 18.1. The molecular formula is C14H15N3O6S. The molecule has 128 valence electrons. The summed E-state index contributed by atoms with van der Waals surface area (Å²) >= 11 is 0. The number of ether oxygens (including phenoxy) is 1. The lowest BCUT2D eigenvalue weighted by molar-refractivity contribution is -0.386. The third-order valence-corrected chi connectivity index (χ3v) is 5.43. The zero-order valence-corrected chi connectivity index (χ0v) is 14.0. The SMILES string of the molecule is COC(=O)C(c1c([N+](=O)[O-])c(C)nn1C)S(=O)(=O)c1ccccc1. The van der Waals surface area contributed by atoms with Gasteiger partial charge in [0.1, 0.15) is 11.4 Å². The van der Waals surface area contributed by atoms with Crippen molar-refractivity contribution in [3.8, 4) is 0 Å². The fraction of sp³-hybridized carbons (Fsp3) is 0.286. The average molecular weight is 353 g/mol. The van der Waals surface area contributed by atoms with Gasteiger partial charge in [-0.3, -0.25) is 19.6 Å². The lowest BCUT2D eigenvalue weighted by Gasteiger charge is -2.15. The Hall–Kier alpha value is -2.75. The van der Waals surface area contributed by atoms with Crippen LogP contribution in [0.25, 0.3) is 0 Å². The minimum Gasteiger partial charge on any atom is -0.468 e. The molecule has 1 atom stereocenters. The summed E-state index contributed by atoms with van der Waals surface area (Å²) in [5.74, 6) is -1.12. The summed E-state index contributed by atoms with van der Waals surface area (Å²) in [7, 11) is -1.91. The Morgan fingerprint density at radius 1 is 1.33 bits per heavy atom. The van der Waals surface area contributed by atoms with E-state index in [2.05, 4.69) is 9.84 Å². The molecule has 1 heterocycles. The zero-order valence-electron chi connectivity index (χ0n) is 13.2. The molecule has 1 aromatic heterocycles. The molecule has 0 aliphatic rings. The predicted octanol–water partition coefficient (Wildman–Crippen LogP) is 1.32. The van der Waals surface area contributed by atoms with E-state index >= 15 is 0 Å². The van der Waals surface area contributed by atoms with Gasteiger partial charge in [-0.05, 0) is 19.1 Å². The summed E-state index contributed by atoms with van der Waals surface area (Å²) in [4.78, 5) is 22.6. The topological polar surface area (TPSA) is 121 Å². The molecule has 0 saturated carbocycles. The lowest BCUT2D eigenvalue weighted by Crippen LogP contribution is -2.26. The quantitative estimate of drug-likeness (QED) is 0.451. The Labute approximate surface area is 137 Å². The first-order valence-electron chi connectivity index (χ1n) is 6.76. The Kier molecular flexibility index (Phi) is 4.69. The molecule has 0 amide bonds. The predicted molar refractivity (Wildman–Crippen MR) is 83.0 cm³/mol. The number of hydrogen-bond donors (Lipinski definition) is 0. The van der Waals surface area contributed by atoms with E-state index in [0.29, 0.717) is 0 Å². The van der Waals surface area contributed by atoms with Gasteiger partial charge in [0, 0.05) is 7.05 Å². The molecule has 0 fully saturated rings. The van der Waals surface area contributed by atoms with E-state index in [9.17, 15) is 23.3 Å². The van der Waals surface area contributed by atoms with Gasteiger partial charge in [0.15, 0.2) is 9.84 Å². The number of methoxy groups -OCH3 is 1. The highest BCUT2D eigenvalue weighted by Crippen LogP contribution is 2.36. The van der Waals surface area contributed by atoms with Crippen LogP contribution >= 0.6 is 0 Å². The van der Waals surface area contributed by atoms with Crippen LogP contribution in [0.3, 0.4) is 0 Å². The Balaban J connectivity index is 2.78. The van der Waals surface area contributed by atoms with Crippen LogP contribution in [0.5, 0.6) is 0 Å². The van der Waals surface area contributed by atoms with Crippen molar-refractivity contribution in [3.05, 3.63) is 51.8 Å². The minimum absolute atomic E-state index is 0.00895. The maximum atomic E-state index is 12.9. The van der Waals surface area contributed by atoms with Crippen LogP contribution in [0.2, 0.25) is 0 Å². The van der Waals surface area contributed by atoms with Gasteiger partial charge in [-0.15, -0.1) is 0 Å². The van der Waals surface area contributed by atoms with Crippen LogP contribution in [0, 0.1) is 17.0 Å². The second-order valence-electron chi connectivity index (χ2n) is 4.96. The highest BCUT2D eigenvalue weighted by molar-refractivity contribution is 7.92. The number of aromatic nitrogens is 2. The molecule has 1 unspecified atom stereocenters. The number of nitrogens with zero attached hydrogens (tertiary/aromatic N) is 3. The van der Waals surface area contributed by atoms with Gasteiger partial charge in [-0.2, -0.15) is 5.10 Å². The van der Waals surface area contributed by atoms with Crippen LogP contribution in [-0.2, 0) is 26.4 Å². The first-order chi connectivity index (χ1) is 11.2. The molecule has 0 radical (unpaired) electrons. The molecule has 0 saturated heterocycles. The highest BCUT2D eigenvalue weighted by Gasteiger charge is 2.44. The summed E-state index contributed by atoms with van der Waals surface area (Å²) < 4.78 is 31.4. The second-order valence-corrected chi connectivity index (χ2v) is 6.99. The molecule has 24 heavy (non-hydrogen) atoms. The van der Waals surface area contributed by atoms with Gasteiger partial charge in [0.2, 0.25) is 5.25 Å². The summed E-state index contributed by atoms with van der Waals surface area (Å²) in [6, 6.07) is 7.21. The maximum absolute atomic E-state index is 12.9. The largest absolute Gasteiger partial charge is 0.468 e. The van der Waals surface area contributed by atoms with E-state index in [4.69, 9.17) is 0 Å². The molecule has 0 aliphatic heterocycles. The van der Waals surface area contributed by atoms with E-state index in [0.717, 1.165) is 11.8 Å². The first-order valence-corrected chi connectivity index (χ1v) is 8.31. The molecule has 0 bridgehead atoms. The molecule has 0 spiro atoms. The number of esters is 1. The van der Waals surface area contributed by atoms with Crippen LogP contribution in [0.15, 0.2) is 35.2 Å². The lowest BCUT2D eigenvalue weighted by atomic mass is 10.2. The van der Waals surface area contributed by atoms with Crippen LogP contribution < -0.4 is 0 Å². The van der Waals surface area contributed by atoms with E-state index in [1.807, 2.05) is 0 Å². The summed E-state index contributed by atoms with van der Waals surface area (Å²) in [5.41, 5.74) is -0.852. The smallest absolute Gasteiger partial charge is 0.330 e. The molecule has 9 nitrogen and oxygen atoms in total. The third-order valence-electron chi connectivity index (χ3n) is 3.46. The van der Waals surface area contributed by atoms with Crippen molar-refractivity contribution in [1.29, 1.82) is 0 Å². The van der Waals surface area contributed by atoms with Crippen molar-refractivity contribution in [2.24, 2.45) is 7.05 Å². The molecule has 1 aromatic carbocycles. The number of carbonyl (C=O) groups is 1. The molecule has 2 aromatic rings. The number of aryl methyl sites for hydroxylation is 2. The van der Waals surface area contributed by atoms with Crippen LogP contribution in [0.1, 0.15) is 16.6 Å². The van der Waals surface area contributed by atoms with Crippen molar-refractivity contribution in [1.82, 2.24) is 9.78 Å². The van der Waals surface area contributed by atoms with Gasteiger partial charge >= 0.3 is 11.7 Å². The second kappa shape index (κ2) is 6.40. The monoisotopic (exact) mass is 353 g/mol. The Morgan fingerprint density at radius 2 is 1.92 bits per heavy atom. The number of benzene rings is 1. The van der Waals surface area contributed by atoms with Crippen molar-refractivity contribution in [3.63, 3.8) is 0 Å². The number of rotatable bonds is 5. The number of hydrogen-bond acceptors (Lipinski definition) is 7. The van der Waals surface area contributed by atoms with Gasteiger partial charge in [-0.25, -0.2) is 8.42 Å². The molecule has 10 heteroatoms. The Morgan fingerprint density at radius 3 is 2.42 bits per heavy atom. The van der Waals surface area contributed by atoms with Gasteiger partial charge in [0.25, 0.3) is 0 Å². The van der Waals surface area contributed by atoms with E-state index in [1.165, 1.54) is 38.2 Å². The number of carbonyl (C=O) groups excluding carboxylic acids is 1. The number of nitro groups is 1. The van der Waals surface area contributed by atoms with Gasteiger partial charge in [0.05, 0.1) is 16.9 Å². The van der Waals surface area contributed by atoms with E-state index in [1.54, 1.807) is 6.07 Å². The van der Waals surface area contributed by atoms with Crippen molar-refractivity contribution < 1.29 is 22.9 Å². The molecular weight excluding hydrogens is 338 g/mol. The van der Waals surface area contributed by atoms with Crippen LogP contribution in [-0.4, -0.2) is 36.2 Å². The average Bonchev–Trinajstić information content (AvgIpc) is 2.82.